The third-order valence-corrected chi connectivity index (χ3v) is 5.50. The smallest absolute Gasteiger partial charge is 0.270 e. The van der Waals surface area contributed by atoms with Gasteiger partial charge < -0.3 is 14.2 Å². The number of carbonyl (C=O) groups is 1. The molecule has 0 atom stereocenters. The molecule has 136 valence electrons. The van der Waals surface area contributed by atoms with E-state index in [9.17, 15) is 4.79 Å². The number of methoxy groups -OCH3 is 1. The topological polar surface area (TPSA) is 34.5 Å². The van der Waals surface area contributed by atoms with Crippen LogP contribution in [0.1, 0.15) is 17.4 Å². The van der Waals surface area contributed by atoms with Crippen LogP contribution in [-0.4, -0.2) is 41.3 Å². The van der Waals surface area contributed by atoms with Crippen molar-refractivity contribution in [2.24, 2.45) is 7.05 Å². The Morgan fingerprint density at radius 1 is 1.15 bits per heavy atom. The number of nitrogens with zero attached hydrogens (tertiary/aromatic N) is 2. The fourth-order valence-electron chi connectivity index (χ4n) is 3.02. The third-order valence-electron chi connectivity index (χ3n) is 4.51. The lowest BCUT2D eigenvalue weighted by Crippen LogP contribution is -2.33. The fraction of sp³-hybridized carbons (Fsp3) is 0.286. The standard InChI is InChI=1S/C21H24N2O2S/c1-4-23(12-13-26-18-8-6-5-7-9-18)21(24)20-15-16-14-17(25-3)10-11-19(16)22(20)2/h5-11,14-15H,4,12-13H2,1-3H3. The predicted molar refractivity (Wildman–Crippen MR) is 108 cm³/mol. The zero-order chi connectivity index (χ0) is 18.5. The third kappa shape index (κ3) is 3.88. The van der Waals surface area contributed by atoms with E-state index in [0.29, 0.717) is 12.2 Å². The van der Waals surface area contributed by atoms with E-state index in [4.69, 9.17) is 4.74 Å². The highest BCUT2D eigenvalue weighted by molar-refractivity contribution is 7.99. The van der Waals surface area contributed by atoms with Crippen LogP contribution >= 0.6 is 11.8 Å². The van der Waals surface area contributed by atoms with E-state index in [1.54, 1.807) is 18.9 Å². The van der Waals surface area contributed by atoms with Crippen molar-refractivity contribution in [3.63, 3.8) is 0 Å². The van der Waals surface area contributed by atoms with Crippen molar-refractivity contribution in [3.05, 3.63) is 60.3 Å². The molecule has 1 amide bonds. The monoisotopic (exact) mass is 368 g/mol. The molecule has 0 radical (unpaired) electrons. The Bertz CT molecular complexity index is 890. The Balaban J connectivity index is 1.73. The summed E-state index contributed by atoms with van der Waals surface area (Å²) in [4.78, 5) is 16.2. The molecule has 0 aliphatic rings. The molecule has 1 heterocycles. The minimum Gasteiger partial charge on any atom is -0.497 e. The van der Waals surface area contributed by atoms with Crippen molar-refractivity contribution in [1.29, 1.82) is 0 Å². The van der Waals surface area contributed by atoms with Crippen molar-refractivity contribution in [2.75, 3.05) is 26.0 Å². The van der Waals surface area contributed by atoms with Gasteiger partial charge in [-0.05, 0) is 43.3 Å². The molecule has 0 fully saturated rings. The first-order valence-corrected chi connectivity index (χ1v) is 9.73. The Hall–Kier alpha value is -2.40. The summed E-state index contributed by atoms with van der Waals surface area (Å²) in [6.45, 7) is 3.44. The van der Waals surface area contributed by atoms with Crippen LogP contribution in [0.3, 0.4) is 0 Å². The van der Waals surface area contributed by atoms with Crippen molar-refractivity contribution < 1.29 is 9.53 Å². The maximum Gasteiger partial charge on any atom is 0.270 e. The first-order valence-electron chi connectivity index (χ1n) is 8.74. The van der Waals surface area contributed by atoms with Gasteiger partial charge in [0.15, 0.2) is 0 Å². The van der Waals surface area contributed by atoms with Crippen LogP contribution in [0, 0.1) is 0 Å². The molecule has 0 unspecified atom stereocenters. The molecule has 0 spiro atoms. The summed E-state index contributed by atoms with van der Waals surface area (Å²) < 4.78 is 7.25. The molecule has 3 aromatic rings. The highest BCUT2D eigenvalue weighted by Gasteiger charge is 2.19. The Morgan fingerprint density at radius 2 is 1.92 bits per heavy atom. The van der Waals surface area contributed by atoms with Crippen molar-refractivity contribution >= 4 is 28.6 Å². The number of aromatic nitrogens is 1. The number of amides is 1. The second-order valence-electron chi connectivity index (χ2n) is 6.06. The average molecular weight is 369 g/mol. The number of aryl methyl sites for hydroxylation is 1. The quantitative estimate of drug-likeness (QED) is 0.578. The van der Waals surface area contributed by atoms with Gasteiger partial charge >= 0.3 is 0 Å². The number of fused-ring (bicyclic) bond motifs is 1. The number of carbonyl (C=O) groups excluding carboxylic acids is 1. The summed E-state index contributed by atoms with van der Waals surface area (Å²) >= 11 is 1.77. The molecule has 26 heavy (non-hydrogen) atoms. The van der Waals surface area contributed by atoms with E-state index >= 15 is 0 Å². The van der Waals surface area contributed by atoms with Crippen LogP contribution in [-0.2, 0) is 7.05 Å². The van der Waals surface area contributed by atoms with Crippen LogP contribution in [0.4, 0.5) is 0 Å². The lowest BCUT2D eigenvalue weighted by Gasteiger charge is -2.21. The zero-order valence-corrected chi connectivity index (χ0v) is 16.3. The summed E-state index contributed by atoms with van der Waals surface area (Å²) in [5.74, 6) is 1.74. The summed E-state index contributed by atoms with van der Waals surface area (Å²) in [5, 5.41) is 1.02. The van der Waals surface area contributed by atoms with E-state index in [1.165, 1.54) is 4.90 Å². The van der Waals surface area contributed by atoms with Crippen LogP contribution < -0.4 is 4.74 Å². The SMILES string of the molecule is CCN(CCSc1ccccc1)C(=O)c1cc2cc(OC)ccc2n1C. The highest BCUT2D eigenvalue weighted by Crippen LogP contribution is 2.25. The second-order valence-corrected chi connectivity index (χ2v) is 7.23. The largest absolute Gasteiger partial charge is 0.497 e. The molecule has 4 nitrogen and oxygen atoms in total. The van der Waals surface area contributed by atoms with E-state index < -0.39 is 0 Å². The summed E-state index contributed by atoms with van der Waals surface area (Å²) in [6, 6.07) is 18.1. The molecule has 3 rings (SSSR count). The molecule has 1 aromatic heterocycles. The van der Waals surface area contributed by atoms with E-state index in [-0.39, 0.29) is 5.91 Å². The van der Waals surface area contributed by atoms with Crippen molar-refractivity contribution in [3.8, 4) is 5.75 Å². The van der Waals surface area contributed by atoms with Gasteiger partial charge in [0.2, 0.25) is 0 Å². The van der Waals surface area contributed by atoms with Crippen LogP contribution in [0.5, 0.6) is 5.75 Å². The lowest BCUT2D eigenvalue weighted by atomic mass is 10.2. The Kier molecular flexibility index (Phi) is 5.89. The van der Waals surface area contributed by atoms with Gasteiger partial charge in [-0.25, -0.2) is 0 Å². The number of hydrogen-bond donors (Lipinski definition) is 0. The number of hydrogen-bond acceptors (Lipinski definition) is 3. The van der Waals surface area contributed by atoms with Gasteiger partial charge in [0.25, 0.3) is 5.91 Å². The first-order chi connectivity index (χ1) is 12.6. The van der Waals surface area contributed by atoms with Crippen molar-refractivity contribution in [1.82, 2.24) is 9.47 Å². The van der Waals surface area contributed by atoms with E-state index in [1.807, 2.05) is 65.9 Å². The fourth-order valence-corrected chi connectivity index (χ4v) is 3.91. The molecule has 0 N–H and O–H groups in total. The lowest BCUT2D eigenvalue weighted by molar-refractivity contribution is 0.0765. The molecule has 5 heteroatoms. The van der Waals surface area contributed by atoms with Gasteiger partial charge in [0, 0.05) is 41.7 Å². The van der Waals surface area contributed by atoms with E-state index in [0.717, 1.165) is 29.0 Å². The zero-order valence-electron chi connectivity index (χ0n) is 15.4. The molecule has 0 aliphatic heterocycles. The van der Waals surface area contributed by atoms with Crippen LogP contribution in [0.25, 0.3) is 10.9 Å². The molecule has 0 aliphatic carbocycles. The number of benzene rings is 2. The van der Waals surface area contributed by atoms with Crippen molar-refractivity contribution in [2.45, 2.75) is 11.8 Å². The molecular formula is C21H24N2O2S. The van der Waals surface area contributed by atoms with E-state index in [2.05, 4.69) is 12.1 Å². The average Bonchev–Trinajstić information content (AvgIpc) is 3.01. The number of rotatable bonds is 7. The molecule has 2 aromatic carbocycles. The Labute approximate surface area is 158 Å². The highest BCUT2D eigenvalue weighted by atomic mass is 32.2. The maximum atomic E-state index is 13.0. The van der Waals surface area contributed by atoms with Crippen LogP contribution in [0.15, 0.2) is 59.5 Å². The first kappa shape index (κ1) is 18.4. The Morgan fingerprint density at radius 3 is 2.62 bits per heavy atom. The van der Waals surface area contributed by atoms with Gasteiger partial charge in [0.1, 0.15) is 11.4 Å². The van der Waals surface area contributed by atoms with Crippen LogP contribution in [0.2, 0.25) is 0 Å². The molecule has 0 saturated carbocycles. The number of thioether (sulfide) groups is 1. The normalized spacial score (nSPS) is 10.9. The van der Waals surface area contributed by atoms with Gasteiger partial charge in [-0.3, -0.25) is 4.79 Å². The summed E-state index contributed by atoms with van der Waals surface area (Å²) in [5.41, 5.74) is 1.74. The predicted octanol–water partition coefficient (Wildman–Crippen LogP) is 4.44. The maximum absolute atomic E-state index is 13.0. The molecule has 0 bridgehead atoms. The molecule has 0 saturated heterocycles. The van der Waals surface area contributed by atoms with Gasteiger partial charge in [0.05, 0.1) is 7.11 Å². The minimum absolute atomic E-state index is 0.0684. The van der Waals surface area contributed by atoms with Gasteiger partial charge in [-0.15, -0.1) is 11.8 Å². The summed E-state index contributed by atoms with van der Waals surface area (Å²) in [6.07, 6.45) is 0. The minimum atomic E-state index is 0.0684. The number of ether oxygens (including phenoxy) is 1. The van der Waals surface area contributed by atoms with Gasteiger partial charge in [-0.1, -0.05) is 18.2 Å². The molecular weight excluding hydrogens is 344 g/mol. The van der Waals surface area contributed by atoms with Gasteiger partial charge in [-0.2, -0.15) is 0 Å². The second kappa shape index (κ2) is 8.32. The summed E-state index contributed by atoms with van der Waals surface area (Å²) in [7, 11) is 3.59.